The molecule has 4 rings (SSSR count). The summed E-state index contributed by atoms with van der Waals surface area (Å²) in [5.41, 5.74) is 1.86. The lowest BCUT2D eigenvalue weighted by Crippen LogP contribution is -2.33. The van der Waals surface area contributed by atoms with E-state index in [-0.39, 0.29) is 23.7 Å². The Labute approximate surface area is 183 Å². The molecule has 0 spiro atoms. The fraction of sp³-hybridized carbons (Fsp3) is 0.261. The zero-order valence-electron chi connectivity index (χ0n) is 17.2. The molecule has 0 bridgehead atoms. The standard InChI is InChI=1S/C23H22FN3O3S/c1-3-30-17-6-4-5-15(11-17)18-12-19(28)25-21-20(18)22(29)26-23(27(21)2)31-13-14-7-9-16(24)10-8-14/h4-11,18H,3,12-13H2,1-2H3,(H,25,28). The molecule has 3 aromatic rings. The highest BCUT2D eigenvalue weighted by Gasteiger charge is 2.32. The normalized spacial score (nSPS) is 15.3. The number of benzene rings is 2. The molecule has 2 heterocycles. The number of carbonyl (C=O) groups is 1. The van der Waals surface area contributed by atoms with Crippen LogP contribution in [0.1, 0.15) is 36.0 Å². The second-order valence-electron chi connectivity index (χ2n) is 7.25. The van der Waals surface area contributed by atoms with Gasteiger partial charge >= 0.3 is 0 Å². The minimum Gasteiger partial charge on any atom is -0.494 e. The van der Waals surface area contributed by atoms with Gasteiger partial charge in [0.2, 0.25) is 5.91 Å². The van der Waals surface area contributed by atoms with Gasteiger partial charge in [0.1, 0.15) is 17.4 Å². The predicted octanol–water partition coefficient (Wildman–Crippen LogP) is 4.08. The number of anilines is 1. The van der Waals surface area contributed by atoms with Crippen molar-refractivity contribution in [1.29, 1.82) is 0 Å². The number of aromatic nitrogens is 2. The van der Waals surface area contributed by atoms with Crippen LogP contribution in [0.4, 0.5) is 10.2 Å². The summed E-state index contributed by atoms with van der Waals surface area (Å²) in [5, 5.41) is 3.33. The lowest BCUT2D eigenvalue weighted by atomic mass is 9.86. The SMILES string of the molecule is CCOc1cccc(C2CC(=O)Nc3c2c(=O)nc(SCc2ccc(F)cc2)n3C)c1. The molecule has 2 aromatic carbocycles. The van der Waals surface area contributed by atoms with Crippen molar-refractivity contribution in [3.63, 3.8) is 0 Å². The third-order valence-corrected chi connectivity index (χ3v) is 6.25. The fourth-order valence-electron chi connectivity index (χ4n) is 3.67. The average Bonchev–Trinajstić information content (AvgIpc) is 2.76. The number of hydrogen-bond donors (Lipinski definition) is 1. The fourth-order valence-corrected chi connectivity index (χ4v) is 4.59. The van der Waals surface area contributed by atoms with E-state index in [1.54, 1.807) is 23.7 Å². The first-order chi connectivity index (χ1) is 15.0. The minimum atomic E-state index is -0.397. The number of carbonyl (C=O) groups excluding carboxylic acids is 1. The molecule has 6 nitrogen and oxygen atoms in total. The highest BCUT2D eigenvalue weighted by molar-refractivity contribution is 7.98. The van der Waals surface area contributed by atoms with Gasteiger partial charge in [-0.1, -0.05) is 36.0 Å². The van der Waals surface area contributed by atoms with Crippen LogP contribution in [0.5, 0.6) is 5.75 Å². The van der Waals surface area contributed by atoms with E-state index < -0.39 is 5.92 Å². The van der Waals surface area contributed by atoms with Crippen LogP contribution < -0.4 is 15.6 Å². The Kier molecular flexibility index (Phi) is 6.08. The first-order valence-corrected chi connectivity index (χ1v) is 11.0. The smallest absolute Gasteiger partial charge is 0.279 e. The largest absolute Gasteiger partial charge is 0.494 e. The summed E-state index contributed by atoms with van der Waals surface area (Å²) in [7, 11) is 1.78. The van der Waals surface area contributed by atoms with Crippen LogP contribution in [0.15, 0.2) is 58.5 Å². The molecule has 0 saturated carbocycles. The van der Waals surface area contributed by atoms with Gasteiger partial charge in [-0.05, 0) is 42.3 Å². The number of halogens is 1. The van der Waals surface area contributed by atoms with Gasteiger partial charge in [0, 0.05) is 25.1 Å². The minimum absolute atomic E-state index is 0.157. The molecule has 0 fully saturated rings. The first kappa shape index (κ1) is 21.1. The van der Waals surface area contributed by atoms with E-state index >= 15 is 0 Å². The number of rotatable bonds is 6. The average molecular weight is 440 g/mol. The molecule has 1 N–H and O–H groups in total. The summed E-state index contributed by atoms with van der Waals surface area (Å²) in [6.45, 7) is 2.43. The van der Waals surface area contributed by atoms with Crippen molar-refractivity contribution in [2.75, 3.05) is 11.9 Å². The Hall–Kier alpha value is -3.13. The number of fused-ring (bicyclic) bond motifs is 1. The van der Waals surface area contributed by atoms with Crippen LogP contribution in [0.25, 0.3) is 0 Å². The zero-order valence-corrected chi connectivity index (χ0v) is 18.0. The number of hydrogen-bond acceptors (Lipinski definition) is 5. The van der Waals surface area contributed by atoms with Crippen LogP contribution >= 0.6 is 11.8 Å². The van der Waals surface area contributed by atoms with Crippen LogP contribution in [0, 0.1) is 5.82 Å². The summed E-state index contributed by atoms with van der Waals surface area (Å²) < 4.78 is 20.4. The van der Waals surface area contributed by atoms with Crippen LogP contribution in [-0.4, -0.2) is 22.1 Å². The van der Waals surface area contributed by atoms with E-state index in [2.05, 4.69) is 10.3 Å². The van der Waals surface area contributed by atoms with Crippen molar-refractivity contribution >= 4 is 23.5 Å². The summed E-state index contributed by atoms with van der Waals surface area (Å²) in [6, 6.07) is 13.7. The lowest BCUT2D eigenvalue weighted by molar-refractivity contribution is -0.116. The molecule has 8 heteroatoms. The van der Waals surface area contributed by atoms with E-state index in [0.717, 1.165) is 11.1 Å². The summed E-state index contributed by atoms with van der Waals surface area (Å²) in [5.74, 6) is 0.831. The molecular formula is C23H22FN3O3S. The van der Waals surface area contributed by atoms with Gasteiger partial charge in [-0.25, -0.2) is 4.39 Å². The highest BCUT2D eigenvalue weighted by Crippen LogP contribution is 2.37. The van der Waals surface area contributed by atoms with Crippen LogP contribution in [0.2, 0.25) is 0 Å². The monoisotopic (exact) mass is 439 g/mol. The van der Waals surface area contributed by atoms with Crippen LogP contribution in [-0.2, 0) is 17.6 Å². The summed E-state index contributed by atoms with van der Waals surface area (Å²) in [6.07, 6.45) is 0.168. The summed E-state index contributed by atoms with van der Waals surface area (Å²) >= 11 is 1.36. The molecular weight excluding hydrogens is 417 g/mol. The lowest BCUT2D eigenvalue weighted by Gasteiger charge is -2.27. The second kappa shape index (κ2) is 8.93. The topological polar surface area (TPSA) is 73.2 Å². The molecule has 31 heavy (non-hydrogen) atoms. The van der Waals surface area contributed by atoms with E-state index in [9.17, 15) is 14.0 Å². The summed E-state index contributed by atoms with van der Waals surface area (Å²) in [4.78, 5) is 29.8. The molecule has 0 aliphatic carbocycles. The van der Waals surface area contributed by atoms with Crippen molar-refractivity contribution in [2.24, 2.45) is 7.05 Å². The van der Waals surface area contributed by atoms with Gasteiger partial charge in [-0.2, -0.15) is 4.98 Å². The molecule has 0 radical (unpaired) electrons. The maximum atomic E-state index is 13.1. The van der Waals surface area contributed by atoms with Crippen molar-refractivity contribution in [3.05, 3.63) is 81.4 Å². The molecule has 1 unspecified atom stereocenters. The quantitative estimate of drug-likeness (QED) is 0.463. The van der Waals surface area contributed by atoms with Crippen molar-refractivity contribution < 1.29 is 13.9 Å². The van der Waals surface area contributed by atoms with Gasteiger partial charge in [-0.3, -0.25) is 9.59 Å². The number of ether oxygens (including phenoxy) is 1. The van der Waals surface area contributed by atoms with Gasteiger partial charge in [0.05, 0.1) is 12.2 Å². The van der Waals surface area contributed by atoms with Gasteiger partial charge in [-0.15, -0.1) is 0 Å². The third-order valence-electron chi connectivity index (χ3n) is 5.15. The molecule has 160 valence electrons. The van der Waals surface area contributed by atoms with Crippen molar-refractivity contribution in [2.45, 2.75) is 30.2 Å². The second-order valence-corrected chi connectivity index (χ2v) is 8.19. The Balaban J connectivity index is 1.69. The van der Waals surface area contributed by atoms with Crippen LogP contribution in [0.3, 0.4) is 0 Å². The van der Waals surface area contributed by atoms with Crippen molar-refractivity contribution in [1.82, 2.24) is 9.55 Å². The zero-order chi connectivity index (χ0) is 22.0. The Morgan fingerprint density at radius 2 is 2.00 bits per heavy atom. The molecule has 1 aromatic heterocycles. The molecule has 1 amide bonds. The van der Waals surface area contributed by atoms with Gasteiger partial charge in [0.15, 0.2) is 5.16 Å². The number of amides is 1. The number of thioether (sulfide) groups is 1. The molecule has 1 aliphatic heterocycles. The Bertz CT molecular complexity index is 1180. The predicted molar refractivity (Wildman–Crippen MR) is 118 cm³/mol. The van der Waals surface area contributed by atoms with E-state index in [1.165, 1.54) is 23.9 Å². The first-order valence-electron chi connectivity index (χ1n) is 9.97. The Morgan fingerprint density at radius 1 is 1.23 bits per heavy atom. The molecule has 1 atom stereocenters. The third kappa shape index (κ3) is 4.49. The van der Waals surface area contributed by atoms with E-state index in [1.807, 2.05) is 31.2 Å². The van der Waals surface area contributed by atoms with Gasteiger partial charge < -0.3 is 14.6 Å². The molecule has 1 aliphatic rings. The van der Waals surface area contributed by atoms with E-state index in [0.29, 0.717) is 34.6 Å². The maximum absolute atomic E-state index is 13.1. The number of nitrogens with zero attached hydrogens (tertiary/aromatic N) is 2. The van der Waals surface area contributed by atoms with Gasteiger partial charge in [0.25, 0.3) is 5.56 Å². The van der Waals surface area contributed by atoms with Crippen molar-refractivity contribution in [3.8, 4) is 5.75 Å². The number of nitrogens with one attached hydrogen (secondary N) is 1. The van der Waals surface area contributed by atoms with E-state index in [4.69, 9.17) is 4.74 Å². The highest BCUT2D eigenvalue weighted by atomic mass is 32.2. The molecule has 0 saturated heterocycles. The maximum Gasteiger partial charge on any atom is 0.279 e. The Morgan fingerprint density at radius 3 is 2.74 bits per heavy atom.